The Balaban J connectivity index is 1.89. The van der Waals surface area contributed by atoms with Crippen LogP contribution in [0.5, 0.6) is 5.75 Å². The van der Waals surface area contributed by atoms with Crippen molar-refractivity contribution in [1.29, 1.82) is 0 Å². The highest BCUT2D eigenvalue weighted by Crippen LogP contribution is 2.30. The summed E-state index contributed by atoms with van der Waals surface area (Å²) in [6.07, 6.45) is 1.75. The van der Waals surface area contributed by atoms with E-state index in [4.69, 9.17) is 16.7 Å². The first-order chi connectivity index (χ1) is 11.0. The van der Waals surface area contributed by atoms with Gasteiger partial charge in [-0.15, -0.1) is 0 Å². The molecular weight excluding hydrogens is 316 g/mol. The zero-order valence-electron chi connectivity index (χ0n) is 12.0. The van der Waals surface area contributed by atoms with Crippen molar-refractivity contribution in [2.75, 3.05) is 0 Å². The summed E-state index contributed by atoms with van der Waals surface area (Å²) in [5, 5.41) is 23.6. The predicted molar refractivity (Wildman–Crippen MR) is 87.0 cm³/mol. The molecule has 5 nitrogen and oxygen atoms in total. The molecule has 1 aromatic heterocycles. The molecule has 3 rings (SSSR count). The quantitative estimate of drug-likeness (QED) is 0.768. The first-order valence-electron chi connectivity index (χ1n) is 6.88. The minimum atomic E-state index is -0.865. The molecule has 0 amide bonds. The van der Waals surface area contributed by atoms with Crippen LogP contribution in [-0.2, 0) is 11.2 Å². The number of benzene rings is 2. The van der Waals surface area contributed by atoms with Crippen molar-refractivity contribution in [2.45, 2.75) is 6.42 Å². The Kier molecular flexibility index (Phi) is 4.04. The third-order valence-electron chi connectivity index (χ3n) is 3.38. The first kappa shape index (κ1) is 15.1. The number of rotatable bonds is 4. The average Bonchev–Trinajstić information content (AvgIpc) is 2.99. The van der Waals surface area contributed by atoms with Crippen molar-refractivity contribution in [3.63, 3.8) is 0 Å². The van der Waals surface area contributed by atoms with Gasteiger partial charge < -0.3 is 10.2 Å². The molecule has 116 valence electrons. The number of phenols is 1. The number of carboxylic acid groups (broad SMARTS) is 1. The lowest BCUT2D eigenvalue weighted by atomic mass is 10.1. The highest BCUT2D eigenvalue weighted by atomic mass is 35.5. The summed E-state index contributed by atoms with van der Waals surface area (Å²) in [6, 6.07) is 13.7. The Bertz CT molecular complexity index is 857. The Hall–Kier alpha value is -2.79. The molecule has 23 heavy (non-hydrogen) atoms. The lowest BCUT2D eigenvalue weighted by Gasteiger charge is -2.04. The van der Waals surface area contributed by atoms with E-state index in [1.807, 2.05) is 0 Å². The van der Waals surface area contributed by atoms with E-state index in [-0.39, 0.29) is 12.2 Å². The van der Waals surface area contributed by atoms with E-state index in [0.717, 1.165) is 11.3 Å². The standard InChI is InChI=1S/C17H13ClN2O3/c18-12-3-6-16(21)14(10-12)15-7-8-20(19-15)13-4-1-11(2-5-13)9-17(22)23/h1-8,10,21H,9H2,(H,22,23). The van der Waals surface area contributed by atoms with E-state index >= 15 is 0 Å². The zero-order valence-corrected chi connectivity index (χ0v) is 12.7. The molecule has 2 aromatic carbocycles. The summed E-state index contributed by atoms with van der Waals surface area (Å²) >= 11 is 5.96. The van der Waals surface area contributed by atoms with Gasteiger partial charge >= 0.3 is 5.97 Å². The molecule has 0 aliphatic carbocycles. The molecular formula is C17H13ClN2O3. The molecule has 6 heteroatoms. The van der Waals surface area contributed by atoms with Crippen molar-refractivity contribution in [1.82, 2.24) is 9.78 Å². The second-order valence-electron chi connectivity index (χ2n) is 5.04. The summed E-state index contributed by atoms with van der Waals surface area (Å²) in [6.45, 7) is 0. The van der Waals surface area contributed by atoms with Crippen molar-refractivity contribution in [3.05, 3.63) is 65.3 Å². The van der Waals surface area contributed by atoms with Gasteiger partial charge in [-0.05, 0) is 42.0 Å². The molecule has 0 aliphatic rings. The van der Waals surface area contributed by atoms with Gasteiger partial charge in [0.15, 0.2) is 0 Å². The number of nitrogens with zero attached hydrogens (tertiary/aromatic N) is 2. The minimum absolute atomic E-state index is 0.0129. The second-order valence-corrected chi connectivity index (χ2v) is 5.48. The van der Waals surface area contributed by atoms with Gasteiger partial charge in [0.1, 0.15) is 5.75 Å². The molecule has 0 atom stereocenters. The second kappa shape index (κ2) is 6.14. The molecule has 0 spiro atoms. The molecule has 1 heterocycles. The fourth-order valence-electron chi connectivity index (χ4n) is 2.27. The summed E-state index contributed by atoms with van der Waals surface area (Å²) in [5.74, 6) is -0.757. The fraction of sp³-hybridized carbons (Fsp3) is 0.0588. The zero-order chi connectivity index (χ0) is 16.4. The van der Waals surface area contributed by atoms with Gasteiger partial charge in [-0.2, -0.15) is 5.10 Å². The topological polar surface area (TPSA) is 75.3 Å². The molecule has 0 aliphatic heterocycles. The lowest BCUT2D eigenvalue weighted by molar-refractivity contribution is -0.136. The molecule has 0 bridgehead atoms. The Morgan fingerprint density at radius 3 is 2.57 bits per heavy atom. The van der Waals surface area contributed by atoms with Crippen molar-refractivity contribution in [3.8, 4) is 22.7 Å². The van der Waals surface area contributed by atoms with Gasteiger partial charge in [-0.1, -0.05) is 23.7 Å². The number of aromatic nitrogens is 2. The summed E-state index contributed by atoms with van der Waals surface area (Å²) in [7, 11) is 0. The Labute approximate surface area is 137 Å². The number of hydrogen-bond acceptors (Lipinski definition) is 3. The van der Waals surface area contributed by atoms with Crippen LogP contribution in [0.1, 0.15) is 5.56 Å². The lowest BCUT2D eigenvalue weighted by Crippen LogP contribution is -2.01. The van der Waals surface area contributed by atoms with Crippen LogP contribution in [-0.4, -0.2) is 26.0 Å². The van der Waals surface area contributed by atoms with E-state index < -0.39 is 5.97 Å². The summed E-state index contributed by atoms with van der Waals surface area (Å²) in [4.78, 5) is 10.7. The molecule has 2 N–H and O–H groups in total. The molecule has 0 saturated heterocycles. The van der Waals surface area contributed by atoms with Crippen LogP contribution >= 0.6 is 11.6 Å². The average molecular weight is 329 g/mol. The predicted octanol–water partition coefficient (Wildman–Crippen LogP) is 3.53. The summed E-state index contributed by atoms with van der Waals surface area (Å²) in [5.41, 5.74) is 2.67. The van der Waals surface area contributed by atoms with Crippen LogP contribution < -0.4 is 0 Å². The maximum atomic E-state index is 10.7. The van der Waals surface area contributed by atoms with Crippen LogP contribution in [0.4, 0.5) is 0 Å². The first-order valence-corrected chi connectivity index (χ1v) is 7.26. The Morgan fingerprint density at radius 2 is 1.87 bits per heavy atom. The third kappa shape index (κ3) is 3.35. The number of carboxylic acids is 1. The van der Waals surface area contributed by atoms with Crippen LogP contribution in [0.2, 0.25) is 5.02 Å². The van der Waals surface area contributed by atoms with Gasteiger partial charge in [-0.25, -0.2) is 4.68 Å². The van der Waals surface area contributed by atoms with Crippen LogP contribution in [0.25, 0.3) is 16.9 Å². The normalized spacial score (nSPS) is 10.7. The summed E-state index contributed by atoms with van der Waals surface area (Å²) < 4.78 is 1.65. The number of phenolic OH excluding ortho intramolecular Hbond substituents is 1. The van der Waals surface area contributed by atoms with Crippen molar-refractivity contribution >= 4 is 17.6 Å². The van der Waals surface area contributed by atoms with Gasteiger partial charge in [-0.3, -0.25) is 4.79 Å². The molecule has 0 radical (unpaired) electrons. The van der Waals surface area contributed by atoms with Crippen LogP contribution in [0.15, 0.2) is 54.7 Å². The third-order valence-corrected chi connectivity index (χ3v) is 3.61. The maximum absolute atomic E-state index is 10.7. The van der Waals surface area contributed by atoms with Gasteiger partial charge in [0.2, 0.25) is 0 Å². The van der Waals surface area contributed by atoms with Crippen LogP contribution in [0, 0.1) is 0 Å². The van der Waals surface area contributed by atoms with E-state index in [1.54, 1.807) is 53.3 Å². The SMILES string of the molecule is O=C(O)Cc1ccc(-n2ccc(-c3cc(Cl)ccc3O)n2)cc1. The van der Waals surface area contributed by atoms with Gasteiger partial charge in [0.05, 0.1) is 17.8 Å². The van der Waals surface area contributed by atoms with E-state index in [9.17, 15) is 9.90 Å². The monoisotopic (exact) mass is 328 g/mol. The smallest absolute Gasteiger partial charge is 0.307 e. The number of halogens is 1. The van der Waals surface area contributed by atoms with Crippen molar-refractivity contribution < 1.29 is 15.0 Å². The largest absolute Gasteiger partial charge is 0.507 e. The van der Waals surface area contributed by atoms with Gasteiger partial charge in [0, 0.05) is 16.8 Å². The molecule has 0 saturated carbocycles. The molecule has 3 aromatic rings. The van der Waals surface area contributed by atoms with Gasteiger partial charge in [0.25, 0.3) is 0 Å². The highest BCUT2D eigenvalue weighted by molar-refractivity contribution is 6.30. The van der Waals surface area contributed by atoms with E-state index in [2.05, 4.69) is 5.10 Å². The maximum Gasteiger partial charge on any atom is 0.307 e. The highest BCUT2D eigenvalue weighted by Gasteiger charge is 2.09. The van der Waals surface area contributed by atoms with E-state index in [0.29, 0.717) is 16.3 Å². The minimum Gasteiger partial charge on any atom is -0.507 e. The molecule has 0 unspecified atom stereocenters. The number of aromatic hydroxyl groups is 1. The number of hydrogen-bond donors (Lipinski definition) is 2. The number of carbonyl (C=O) groups is 1. The molecule has 0 fully saturated rings. The fourth-order valence-corrected chi connectivity index (χ4v) is 2.44. The van der Waals surface area contributed by atoms with Crippen molar-refractivity contribution in [2.24, 2.45) is 0 Å². The van der Waals surface area contributed by atoms with Crippen LogP contribution in [0.3, 0.4) is 0 Å². The number of aliphatic carboxylic acids is 1. The Morgan fingerprint density at radius 1 is 1.13 bits per heavy atom. The van der Waals surface area contributed by atoms with E-state index in [1.165, 1.54) is 6.07 Å².